The zero-order valence-corrected chi connectivity index (χ0v) is 18.6. The van der Waals surface area contributed by atoms with Crippen LogP contribution in [0.15, 0.2) is 47.5 Å². The molecule has 34 heavy (non-hydrogen) atoms. The molecule has 2 aliphatic rings. The van der Waals surface area contributed by atoms with Crippen LogP contribution in [0.1, 0.15) is 48.9 Å². The summed E-state index contributed by atoms with van der Waals surface area (Å²) in [5.74, 6) is 0.244. The number of halogens is 3. The van der Waals surface area contributed by atoms with Gasteiger partial charge in [0.1, 0.15) is 0 Å². The van der Waals surface area contributed by atoms with Gasteiger partial charge in [0.2, 0.25) is 5.91 Å². The highest BCUT2D eigenvalue weighted by atomic mass is 19.4. The van der Waals surface area contributed by atoms with Crippen LogP contribution >= 0.6 is 0 Å². The Morgan fingerprint density at radius 3 is 2.41 bits per heavy atom. The highest BCUT2D eigenvalue weighted by Gasteiger charge is 2.53. The third-order valence-electron chi connectivity index (χ3n) is 6.40. The minimum Gasteiger partial charge on any atom is -0.342 e. The summed E-state index contributed by atoms with van der Waals surface area (Å²) in [6.45, 7) is 1.98. The number of nitrogens with one attached hydrogen (secondary N) is 1. The number of hydrogen-bond acceptors (Lipinski definition) is 5. The Balaban J connectivity index is 0.000000231. The summed E-state index contributed by atoms with van der Waals surface area (Å²) < 4.78 is 35.2. The third-order valence-corrected chi connectivity index (χ3v) is 6.40. The van der Waals surface area contributed by atoms with Crippen molar-refractivity contribution in [3.8, 4) is 0 Å². The van der Waals surface area contributed by atoms with E-state index in [1.165, 1.54) is 18.7 Å². The Bertz CT molecular complexity index is 1220. The Morgan fingerprint density at radius 1 is 1.12 bits per heavy atom. The summed E-state index contributed by atoms with van der Waals surface area (Å²) in [7, 11) is 0. The molecule has 1 aliphatic heterocycles. The van der Waals surface area contributed by atoms with Crippen molar-refractivity contribution >= 4 is 16.7 Å². The summed E-state index contributed by atoms with van der Waals surface area (Å²) in [4.78, 5) is 30.4. The Labute approximate surface area is 194 Å². The molecule has 3 heterocycles. The minimum absolute atomic E-state index is 0.221. The molecular formula is C24H26F3N5O2. The number of piperidine rings is 1. The molecule has 180 valence electrons. The number of nitrogens with two attached hydrogens (primary N) is 1. The topological polar surface area (TPSA) is 105 Å². The monoisotopic (exact) mass is 473 g/mol. The van der Waals surface area contributed by atoms with Crippen molar-refractivity contribution in [1.82, 2.24) is 20.1 Å². The van der Waals surface area contributed by atoms with Crippen molar-refractivity contribution in [3.05, 3.63) is 69.9 Å². The van der Waals surface area contributed by atoms with E-state index in [-0.39, 0.29) is 18.0 Å². The fraction of sp³-hybridized carbons (Fsp3) is 0.417. The number of rotatable bonds is 3. The van der Waals surface area contributed by atoms with Crippen molar-refractivity contribution in [2.24, 2.45) is 5.73 Å². The smallest absolute Gasteiger partial charge is 0.342 e. The second-order valence-corrected chi connectivity index (χ2v) is 8.64. The number of H-pyrrole nitrogens is 1. The fourth-order valence-corrected chi connectivity index (χ4v) is 4.35. The van der Waals surface area contributed by atoms with E-state index in [2.05, 4.69) is 15.2 Å². The number of carbonyl (C=O) groups is 1. The molecule has 10 heteroatoms. The molecule has 0 unspecified atom stereocenters. The first kappa shape index (κ1) is 23.9. The minimum atomic E-state index is -4.27. The molecule has 1 aromatic carbocycles. The van der Waals surface area contributed by atoms with E-state index < -0.39 is 17.2 Å². The number of pyridine rings is 1. The number of carbonyl (C=O) groups excluding carboxylic acids is 1. The van der Waals surface area contributed by atoms with Crippen molar-refractivity contribution in [2.45, 2.75) is 50.2 Å². The van der Waals surface area contributed by atoms with Gasteiger partial charge in [-0.05, 0) is 61.9 Å². The second-order valence-electron chi connectivity index (χ2n) is 8.64. The van der Waals surface area contributed by atoms with E-state index in [4.69, 9.17) is 5.73 Å². The quantitative estimate of drug-likeness (QED) is 0.606. The lowest BCUT2D eigenvalue weighted by molar-refractivity contribution is -0.138. The van der Waals surface area contributed by atoms with Gasteiger partial charge in [-0.2, -0.15) is 18.3 Å². The Kier molecular flexibility index (Phi) is 6.70. The number of hydrogen-bond donors (Lipinski definition) is 2. The summed E-state index contributed by atoms with van der Waals surface area (Å²) in [5.41, 5.74) is 6.07. The molecule has 7 nitrogen and oxygen atoms in total. The lowest BCUT2D eigenvalue weighted by atomic mass is 9.91. The van der Waals surface area contributed by atoms with E-state index in [1.807, 2.05) is 17.0 Å². The van der Waals surface area contributed by atoms with Crippen molar-refractivity contribution in [3.63, 3.8) is 0 Å². The van der Waals surface area contributed by atoms with Gasteiger partial charge in [0, 0.05) is 37.4 Å². The van der Waals surface area contributed by atoms with Crippen molar-refractivity contribution in [2.75, 3.05) is 13.1 Å². The molecule has 0 atom stereocenters. The Hall–Kier alpha value is -3.27. The number of amides is 1. The molecule has 3 aromatic rings. The number of benzene rings is 1. The number of fused-ring (bicyclic) bond motifs is 1. The largest absolute Gasteiger partial charge is 0.417 e. The number of nitrogens with zero attached hydrogens (tertiary/aromatic N) is 3. The van der Waals surface area contributed by atoms with Crippen LogP contribution in [-0.4, -0.2) is 39.1 Å². The maximum absolute atomic E-state index is 13.1. The molecule has 0 spiro atoms. The van der Waals surface area contributed by atoms with E-state index >= 15 is 0 Å². The molecule has 0 radical (unpaired) electrons. The van der Waals surface area contributed by atoms with E-state index in [1.54, 1.807) is 6.07 Å². The Morgan fingerprint density at radius 2 is 1.85 bits per heavy atom. The van der Waals surface area contributed by atoms with Gasteiger partial charge in [0.25, 0.3) is 5.56 Å². The highest BCUT2D eigenvalue weighted by Crippen LogP contribution is 2.50. The van der Waals surface area contributed by atoms with Crippen LogP contribution < -0.4 is 11.3 Å². The second kappa shape index (κ2) is 9.54. The molecule has 1 saturated heterocycles. The van der Waals surface area contributed by atoms with Crippen molar-refractivity contribution < 1.29 is 18.0 Å². The van der Waals surface area contributed by atoms with Crippen LogP contribution in [0.4, 0.5) is 13.2 Å². The molecule has 5 rings (SSSR count). The molecular weight excluding hydrogens is 447 g/mol. The average molecular weight is 473 g/mol. The molecule has 1 saturated carbocycles. The fourth-order valence-electron chi connectivity index (χ4n) is 4.35. The SMILES string of the molecule is FC(F)(F)c1cccnc1.NCc1n[nH]c(=O)c2ccc(C3(C(=O)N4CCCCC4)CC3)cc12. The van der Waals surface area contributed by atoms with Crippen LogP contribution in [-0.2, 0) is 22.9 Å². The number of alkyl halides is 3. The molecule has 1 amide bonds. The zero-order chi connectivity index (χ0) is 24.3. The normalized spacial score (nSPS) is 17.1. The predicted molar refractivity (Wildman–Crippen MR) is 121 cm³/mol. The third kappa shape index (κ3) is 4.82. The first-order chi connectivity index (χ1) is 16.3. The molecule has 3 N–H and O–H groups in total. The van der Waals surface area contributed by atoms with Crippen LogP contribution in [0.25, 0.3) is 10.8 Å². The van der Waals surface area contributed by atoms with Crippen LogP contribution in [0.3, 0.4) is 0 Å². The van der Waals surface area contributed by atoms with E-state index in [9.17, 15) is 22.8 Å². The lowest BCUT2D eigenvalue weighted by Crippen LogP contribution is -2.42. The molecule has 2 aromatic heterocycles. The number of aromatic nitrogens is 3. The first-order valence-electron chi connectivity index (χ1n) is 11.2. The van der Waals surface area contributed by atoms with Gasteiger partial charge in [-0.15, -0.1) is 0 Å². The van der Waals surface area contributed by atoms with Crippen LogP contribution in [0.5, 0.6) is 0 Å². The zero-order valence-electron chi connectivity index (χ0n) is 18.6. The molecule has 2 fully saturated rings. The summed E-state index contributed by atoms with van der Waals surface area (Å²) in [6, 6.07) is 7.91. The van der Waals surface area contributed by atoms with Gasteiger partial charge in [-0.3, -0.25) is 14.6 Å². The average Bonchev–Trinajstić information content (AvgIpc) is 3.67. The summed E-state index contributed by atoms with van der Waals surface area (Å²) in [5, 5.41) is 7.87. The van der Waals surface area contributed by atoms with Gasteiger partial charge >= 0.3 is 6.18 Å². The van der Waals surface area contributed by atoms with E-state index in [0.29, 0.717) is 11.1 Å². The molecule has 0 bridgehead atoms. The van der Waals surface area contributed by atoms with Gasteiger partial charge in [-0.25, -0.2) is 5.10 Å². The van der Waals surface area contributed by atoms with Gasteiger partial charge in [0.05, 0.1) is 22.1 Å². The van der Waals surface area contributed by atoms with Gasteiger partial charge < -0.3 is 10.6 Å². The lowest BCUT2D eigenvalue weighted by Gasteiger charge is -2.31. The predicted octanol–water partition coefficient (Wildman–Crippen LogP) is 3.53. The maximum atomic E-state index is 13.1. The summed E-state index contributed by atoms with van der Waals surface area (Å²) >= 11 is 0. The first-order valence-corrected chi connectivity index (χ1v) is 11.2. The van der Waals surface area contributed by atoms with Crippen molar-refractivity contribution in [1.29, 1.82) is 0 Å². The van der Waals surface area contributed by atoms with Crippen LogP contribution in [0, 0.1) is 0 Å². The maximum Gasteiger partial charge on any atom is 0.417 e. The molecule has 1 aliphatic carbocycles. The summed E-state index contributed by atoms with van der Waals surface area (Å²) in [6.07, 6.45) is 2.97. The van der Waals surface area contributed by atoms with Gasteiger partial charge in [0.15, 0.2) is 0 Å². The van der Waals surface area contributed by atoms with E-state index in [0.717, 1.165) is 62.0 Å². The number of aromatic amines is 1. The number of likely N-dealkylation sites (tertiary alicyclic amines) is 1. The highest BCUT2D eigenvalue weighted by molar-refractivity contribution is 5.93. The van der Waals surface area contributed by atoms with Crippen LogP contribution in [0.2, 0.25) is 0 Å². The van der Waals surface area contributed by atoms with Gasteiger partial charge in [-0.1, -0.05) is 6.07 Å². The standard InChI is InChI=1S/C18H22N4O2.C6H4F3N/c19-11-15-14-10-12(4-5-13(14)16(23)21-20-15)18(6-7-18)17(24)22-8-2-1-3-9-22;7-6(8,9)5-2-1-3-10-4-5/h4-5,10H,1-3,6-9,11,19H2,(H,21,23);1-4H.